The summed E-state index contributed by atoms with van der Waals surface area (Å²) in [5.74, 6) is -0.790. The van der Waals surface area contributed by atoms with Crippen molar-refractivity contribution < 1.29 is 23.6 Å². The summed E-state index contributed by atoms with van der Waals surface area (Å²) in [6.07, 6.45) is 0.0634. The van der Waals surface area contributed by atoms with Crippen LogP contribution in [0.2, 0.25) is 10.3 Å². The molecule has 4 rings (SSSR count). The molecular weight excluding hydrogens is 695 g/mol. The monoisotopic (exact) mass is 740 g/mol. The number of carbonyl (C=O) groups is 2. The minimum absolute atomic E-state index is 0.00213. The molecule has 0 saturated carbocycles. The van der Waals surface area contributed by atoms with Gasteiger partial charge in [0, 0.05) is 11.4 Å². The van der Waals surface area contributed by atoms with Gasteiger partial charge in [0.25, 0.3) is 0 Å². The van der Waals surface area contributed by atoms with Gasteiger partial charge in [-0.05, 0) is 117 Å². The molecule has 0 aliphatic heterocycles. The summed E-state index contributed by atoms with van der Waals surface area (Å²) in [5.41, 5.74) is 15.7. The minimum atomic E-state index is -1.39. The van der Waals surface area contributed by atoms with Crippen LogP contribution < -0.4 is 10.5 Å². The van der Waals surface area contributed by atoms with Crippen LogP contribution in [0.15, 0.2) is 60.7 Å². The Morgan fingerprint density at radius 2 is 1.18 bits per heavy atom. The Bertz CT molecular complexity index is 1770. The van der Waals surface area contributed by atoms with Crippen molar-refractivity contribution in [1.82, 2.24) is 14.7 Å². The Kier molecular flexibility index (Phi) is 14.8. The number of carbonyl (C=O) groups excluding carboxylic acids is 2. The van der Waals surface area contributed by atoms with Crippen molar-refractivity contribution in [3.8, 4) is 22.3 Å². The number of methoxy groups -OCH3 is 2. The topological polar surface area (TPSA) is 139 Å². The average molecular weight is 742 g/mol. The molecule has 4 aromatic rings. The maximum Gasteiger partial charge on any atom is 0.307 e. The SMILES string of the molecule is COC(=O)C[C@H](N)c1cc(-c2c(C)cccc2C)cc(Cl)n1.COC(=O)C[C@H](N[S@+]([O-])C(C)(C)C)c1cc(-c2c(C)cccc2C)cc(Cl)n1. The fourth-order valence-electron chi connectivity index (χ4n) is 5.36. The van der Waals surface area contributed by atoms with Gasteiger partial charge in [0.05, 0.1) is 44.5 Å². The second-order valence-electron chi connectivity index (χ2n) is 13.0. The number of ether oxygens (including phenoxy) is 2. The van der Waals surface area contributed by atoms with Crippen LogP contribution in [-0.4, -0.2) is 45.4 Å². The van der Waals surface area contributed by atoms with E-state index in [1.54, 1.807) is 6.07 Å². The number of pyridine rings is 2. The first-order valence-electron chi connectivity index (χ1n) is 16.0. The average Bonchev–Trinajstić information content (AvgIpc) is 3.03. The summed E-state index contributed by atoms with van der Waals surface area (Å²) < 4.78 is 24.6. The normalized spacial score (nSPS) is 13.1. The van der Waals surface area contributed by atoms with Gasteiger partial charge in [-0.25, -0.2) is 9.97 Å². The Hall–Kier alpha value is -3.51. The molecule has 0 amide bonds. The van der Waals surface area contributed by atoms with E-state index in [2.05, 4.69) is 19.4 Å². The number of nitrogens with zero attached hydrogens (tertiary/aromatic N) is 2. The highest BCUT2D eigenvalue weighted by atomic mass is 35.5. The van der Waals surface area contributed by atoms with Crippen molar-refractivity contribution in [2.75, 3.05) is 14.2 Å². The molecule has 0 aliphatic rings. The van der Waals surface area contributed by atoms with Crippen molar-refractivity contribution in [2.24, 2.45) is 5.73 Å². The van der Waals surface area contributed by atoms with Crippen molar-refractivity contribution in [2.45, 2.75) is 78.1 Å². The number of halogens is 2. The summed E-state index contributed by atoms with van der Waals surface area (Å²) in [5, 5.41) is 0.670. The van der Waals surface area contributed by atoms with Gasteiger partial charge in [-0.3, -0.25) is 9.59 Å². The first kappa shape index (κ1) is 40.9. The van der Waals surface area contributed by atoms with E-state index in [0.717, 1.165) is 44.5 Å². The Morgan fingerprint density at radius 1 is 0.780 bits per heavy atom. The van der Waals surface area contributed by atoms with Gasteiger partial charge in [0.2, 0.25) is 0 Å². The lowest BCUT2D eigenvalue weighted by molar-refractivity contribution is -0.142. The van der Waals surface area contributed by atoms with Gasteiger partial charge >= 0.3 is 11.9 Å². The smallest absolute Gasteiger partial charge is 0.307 e. The minimum Gasteiger partial charge on any atom is -0.598 e. The van der Waals surface area contributed by atoms with E-state index in [-0.39, 0.29) is 18.8 Å². The highest BCUT2D eigenvalue weighted by Gasteiger charge is 2.32. The van der Waals surface area contributed by atoms with Crippen molar-refractivity contribution in [1.29, 1.82) is 0 Å². The number of hydrogen-bond acceptors (Lipinski definition) is 9. The lowest BCUT2D eigenvalue weighted by Crippen LogP contribution is -2.42. The zero-order chi connectivity index (χ0) is 37.3. The number of nitrogens with two attached hydrogens (primary N) is 1. The van der Waals surface area contributed by atoms with Gasteiger partial charge in [0.15, 0.2) is 0 Å². The van der Waals surface area contributed by atoms with Crippen LogP contribution in [0.1, 0.15) is 79.3 Å². The van der Waals surface area contributed by atoms with Crippen LogP contribution in [0, 0.1) is 27.7 Å². The molecule has 2 aromatic heterocycles. The molecule has 3 atom stereocenters. The van der Waals surface area contributed by atoms with Gasteiger partial charge < -0.3 is 19.8 Å². The number of esters is 2. The second kappa shape index (κ2) is 18.1. The van der Waals surface area contributed by atoms with Crippen LogP contribution in [-0.2, 0) is 30.4 Å². The maximum absolute atomic E-state index is 12.7. The van der Waals surface area contributed by atoms with Crippen molar-refractivity contribution >= 4 is 46.5 Å². The molecule has 0 fully saturated rings. The number of nitrogens with one attached hydrogen (secondary N) is 1. The Morgan fingerprint density at radius 3 is 1.60 bits per heavy atom. The highest BCUT2D eigenvalue weighted by Crippen LogP contribution is 2.33. The quantitative estimate of drug-likeness (QED) is 0.0934. The molecule has 0 saturated heterocycles. The number of aryl methyl sites for hydroxylation is 4. The van der Waals surface area contributed by atoms with E-state index in [0.29, 0.717) is 21.7 Å². The largest absolute Gasteiger partial charge is 0.598 e. The van der Waals surface area contributed by atoms with Gasteiger partial charge in [-0.2, -0.15) is 0 Å². The molecule has 12 heteroatoms. The van der Waals surface area contributed by atoms with Crippen LogP contribution >= 0.6 is 23.2 Å². The Balaban J connectivity index is 0.000000278. The predicted molar refractivity (Wildman–Crippen MR) is 202 cm³/mol. The van der Waals surface area contributed by atoms with E-state index in [1.165, 1.54) is 14.2 Å². The summed E-state index contributed by atoms with van der Waals surface area (Å²) in [6, 6.07) is 18.4. The van der Waals surface area contributed by atoms with E-state index in [9.17, 15) is 14.1 Å². The van der Waals surface area contributed by atoms with Gasteiger partial charge in [0.1, 0.15) is 21.1 Å². The third kappa shape index (κ3) is 11.2. The van der Waals surface area contributed by atoms with E-state index in [4.69, 9.17) is 33.7 Å². The molecule has 3 N–H and O–H groups in total. The molecule has 0 spiro atoms. The molecule has 0 radical (unpaired) electrons. The predicted octanol–water partition coefficient (Wildman–Crippen LogP) is 8.26. The lowest BCUT2D eigenvalue weighted by atomic mass is 9.95. The molecular formula is C38H46Cl2N4O5S. The van der Waals surface area contributed by atoms with Crippen LogP contribution in [0.25, 0.3) is 22.3 Å². The molecule has 0 bridgehead atoms. The van der Waals surface area contributed by atoms with Crippen LogP contribution in [0.3, 0.4) is 0 Å². The molecule has 2 aromatic carbocycles. The van der Waals surface area contributed by atoms with Crippen LogP contribution in [0.4, 0.5) is 0 Å². The van der Waals surface area contributed by atoms with Crippen molar-refractivity contribution in [3.05, 3.63) is 105 Å². The van der Waals surface area contributed by atoms with Gasteiger partial charge in [-0.15, -0.1) is 4.72 Å². The van der Waals surface area contributed by atoms with E-state index in [1.807, 2.05) is 103 Å². The third-order valence-electron chi connectivity index (χ3n) is 7.92. The number of rotatable bonds is 10. The highest BCUT2D eigenvalue weighted by molar-refractivity contribution is 7.90. The summed E-state index contributed by atoms with van der Waals surface area (Å²) in [6.45, 7) is 13.7. The first-order valence-corrected chi connectivity index (χ1v) is 17.9. The molecule has 0 unspecified atom stereocenters. The molecule has 9 nitrogen and oxygen atoms in total. The fraction of sp³-hybridized carbons (Fsp3) is 0.368. The zero-order valence-electron chi connectivity index (χ0n) is 30.0. The van der Waals surface area contributed by atoms with E-state index >= 15 is 0 Å². The zero-order valence-corrected chi connectivity index (χ0v) is 32.3. The number of aromatic nitrogens is 2. The maximum atomic E-state index is 12.7. The van der Waals surface area contributed by atoms with Gasteiger partial charge in [-0.1, -0.05) is 59.6 Å². The number of benzene rings is 2. The summed E-state index contributed by atoms with van der Waals surface area (Å²) >= 11 is 11.1. The summed E-state index contributed by atoms with van der Waals surface area (Å²) in [4.78, 5) is 32.0. The molecule has 2 heterocycles. The third-order valence-corrected chi connectivity index (χ3v) is 9.92. The number of hydrogen-bond donors (Lipinski definition) is 2. The standard InChI is InChI=1S/C21H27ClN2O3S.C17H19ClN2O2/c1-13-8-7-9-14(2)20(13)15-10-16(23-18(22)11-15)17(12-19(25)27-6)24-28(26)21(3,4)5;1-10-5-4-6-11(2)17(10)12-7-14(20-15(18)8-12)13(19)9-16(21)22-3/h7-11,17,24H,12H2,1-6H3;4-8,13H,9,19H2,1-3H3/t17-,28+;13-/m00/s1. The first-order chi connectivity index (χ1) is 23.4. The molecule has 0 aliphatic carbocycles. The van der Waals surface area contributed by atoms with E-state index < -0.39 is 34.2 Å². The van der Waals surface area contributed by atoms with Crippen molar-refractivity contribution in [3.63, 3.8) is 0 Å². The van der Waals surface area contributed by atoms with Crippen LogP contribution in [0.5, 0.6) is 0 Å². The summed E-state index contributed by atoms with van der Waals surface area (Å²) in [7, 11) is 2.66. The fourth-order valence-corrected chi connectivity index (χ4v) is 6.61. The molecule has 50 heavy (non-hydrogen) atoms. The Labute approximate surface area is 308 Å². The molecule has 268 valence electrons. The lowest BCUT2D eigenvalue weighted by Gasteiger charge is -2.27. The second-order valence-corrected chi connectivity index (χ2v) is 15.7.